The SMILES string of the molecule is COc1cc(Cn2ncc3c(-c4cccc(-c5ccc(CN6CC[C@@H](O)C6)cc5)c4Cl)cccc32)c(Cl)cc1CN1CCC(C(=O)O)C1. The van der Waals surface area contributed by atoms with E-state index in [0.29, 0.717) is 36.1 Å². The molecule has 248 valence electrons. The minimum Gasteiger partial charge on any atom is -0.496 e. The topological polar surface area (TPSA) is 91.1 Å². The molecule has 7 rings (SSSR count). The molecule has 0 radical (unpaired) electrons. The first-order chi connectivity index (χ1) is 23.3. The lowest BCUT2D eigenvalue weighted by molar-refractivity contribution is -0.141. The molecule has 2 fully saturated rings. The van der Waals surface area contributed by atoms with Gasteiger partial charge in [0.05, 0.1) is 42.4 Å². The summed E-state index contributed by atoms with van der Waals surface area (Å²) < 4.78 is 7.69. The zero-order chi connectivity index (χ0) is 33.4. The quantitative estimate of drug-likeness (QED) is 0.161. The van der Waals surface area contributed by atoms with E-state index in [1.807, 2.05) is 47.3 Å². The van der Waals surface area contributed by atoms with Crippen LogP contribution in [0.25, 0.3) is 33.2 Å². The molecule has 2 aliphatic heterocycles. The fourth-order valence-electron chi connectivity index (χ4n) is 7.08. The van der Waals surface area contributed by atoms with Crippen molar-refractivity contribution >= 4 is 40.1 Å². The standard InChI is InChI=1S/C38H38Cl2N4O4/c1-48-36-17-27(34(39)16-28(36)21-43-14-12-26(20-43)38(46)47)22-44-35-7-3-5-31(33(35)18-41-44)32-6-2-4-30(37(32)40)25-10-8-24(9-11-25)19-42-15-13-29(45)23-42/h2-11,16-18,26,29,45H,12-15,19-23H2,1H3,(H,46,47)/t26?,29-/m1/s1. The summed E-state index contributed by atoms with van der Waals surface area (Å²) >= 11 is 14.0. The van der Waals surface area contributed by atoms with E-state index in [1.54, 1.807) is 7.11 Å². The lowest BCUT2D eigenvalue weighted by atomic mass is 9.96. The number of carbonyl (C=O) groups is 1. The largest absolute Gasteiger partial charge is 0.496 e. The number of aliphatic hydroxyl groups excluding tert-OH is 1. The highest BCUT2D eigenvalue weighted by Gasteiger charge is 2.28. The number of rotatable bonds is 10. The average molecular weight is 686 g/mol. The number of hydrogen-bond acceptors (Lipinski definition) is 6. The number of methoxy groups -OCH3 is 1. The first kappa shape index (κ1) is 32.6. The van der Waals surface area contributed by atoms with E-state index < -0.39 is 5.97 Å². The van der Waals surface area contributed by atoms with Gasteiger partial charge in [-0.05, 0) is 59.8 Å². The Morgan fingerprint density at radius 1 is 0.875 bits per heavy atom. The second-order valence-electron chi connectivity index (χ2n) is 12.9. The Labute approximate surface area is 290 Å². The molecule has 0 spiro atoms. The monoisotopic (exact) mass is 684 g/mol. The molecule has 8 nitrogen and oxygen atoms in total. The fourth-order valence-corrected chi connectivity index (χ4v) is 7.67. The number of benzene rings is 4. The van der Waals surface area contributed by atoms with Crippen LogP contribution < -0.4 is 4.74 Å². The van der Waals surface area contributed by atoms with Gasteiger partial charge in [-0.25, -0.2) is 0 Å². The van der Waals surface area contributed by atoms with E-state index in [0.717, 1.165) is 82.6 Å². The highest BCUT2D eigenvalue weighted by molar-refractivity contribution is 6.36. The second kappa shape index (κ2) is 13.9. The molecule has 4 aromatic carbocycles. The molecule has 1 aromatic heterocycles. The lowest BCUT2D eigenvalue weighted by Gasteiger charge is -2.19. The van der Waals surface area contributed by atoms with Gasteiger partial charge in [-0.1, -0.05) is 77.8 Å². The Kier molecular flexibility index (Phi) is 9.45. The molecule has 3 heterocycles. The third-order valence-corrected chi connectivity index (χ3v) is 10.4. The number of aliphatic hydroxyl groups is 1. The van der Waals surface area contributed by atoms with Crippen molar-refractivity contribution in [1.29, 1.82) is 0 Å². The zero-order valence-electron chi connectivity index (χ0n) is 26.8. The van der Waals surface area contributed by atoms with Crippen LogP contribution in [0.3, 0.4) is 0 Å². The Morgan fingerprint density at radius 2 is 1.60 bits per heavy atom. The van der Waals surface area contributed by atoms with E-state index in [4.69, 9.17) is 33.0 Å². The van der Waals surface area contributed by atoms with Crippen LogP contribution >= 0.6 is 23.2 Å². The third kappa shape index (κ3) is 6.68. The van der Waals surface area contributed by atoms with Gasteiger partial charge in [0, 0.05) is 59.8 Å². The number of likely N-dealkylation sites (tertiary alicyclic amines) is 2. The van der Waals surface area contributed by atoms with Crippen molar-refractivity contribution in [1.82, 2.24) is 19.6 Å². The first-order valence-corrected chi connectivity index (χ1v) is 17.1. The van der Waals surface area contributed by atoms with Crippen LogP contribution in [0.15, 0.2) is 79.0 Å². The number of aromatic nitrogens is 2. The van der Waals surface area contributed by atoms with Crippen molar-refractivity contribution < 1.29 is 19.7 Å². The Morgan fingerprint density at radius 3 is 2.33 bits per heavy atom. The van der Waals surface area contributed by atoms with Gasteiger partial charge >= 0.3 is 5.97 Å². The normalized spacial score (nSPS) is 18.6. The summed E-state index contributed by atoms with van der Waals surface area (Å²) in [6.45, 7) is 4.74. The molecule has 2 aliphatic rings. The number of β-amino-alcohol motifs (C(OH)–C–C–N with tert-alkyl or cyclic N) is 1. The maximum atomic E-state index is 11.4. The van der Waals surface area contributed by atoms with Crippen LogP contribution in [0.5, 0.6) is 5.75 Å². The van der Waals surface area contributed by atoms with Gasteiger partial charge in [0.1, 0.15) is 5.75 Å². The van der Waals surface area contributed by atoms with Gasteiger partial charge in [0.25, 0.3) is 0 Å². The summed E-state index contributed by atoms with van der Waals surface area (Å²) in [7, 11) is 1.64. The van der Waals surface area contributed by atoms with Crippen LogP contribution in [0, 0.1) is 5.92 Å². The predicted molar refractivity (Wildman–Crippen MR) is 190 cm³/mol. The number of fused-ring (bicyclic) bond motifs is 1. The molecular weight excluding hydrogens is 647 g/mol. The number of aliphatic carboxylic acids is 1. The minimum absolute atomic E-state index is 0.224. The molecule has 2 saturated heterocycles. The van der Waals surface area contributed by atoms with Crippen molar-refractivity contribution in [2.24, 2.45) is 5.92 Å². The number of carboxylic acids is 1. The number of hydrogen-bond donors (Lipinski definition) is 2. The summed E-state index contributed by atoms with van der Waals surface area (Å²) in [6, 6.07) is 24.7. The molecule has 2 N–H and O–H groups in total. The number of nitrogens with zero attached hydrogens (tertiary/aromatic N) is 4. The van der Waals surface area contributed by atoms with E-state index in [2.05, 4.69) is 46.2 Å². The van der Waals surface area contributed by atoms with Crippen LogP contribution in [-0.2, 0) is 24.4 Å². The third-order valence-electron chi connectivity index (χ3n) is 9.68. The summed E-state index contributed by atoms with van der Waals surface area (Å²) in [4.78, 5) is 15.8. The van der Waals surface area contributed by atoms with Crippen molar-refractivity contribution in [3.63, 3.8) is 0 Å². The highest BCUT2D eigenvalue weighted by Crippen LogP contribution is 2.40. The van der Waals surface area contributed by atoms with E-state index in [9.17, 15) is 15.0 Å². The summed E-state index contributed by atoms with van der Waals surface area (Å²) in [5.74, 6) is -0.366. The average Bonchev–Trinajstić information content (AvgIpc) is 3.83. The Hall–Kier alpha value is -3.92. The predicted octanol–water partition coefficient (Wildman–Crippen LogP) is 7.21. The van der Waals surface area contributed by atoms with E-state index in [1.165, 1.54) is 5.56 Å². The van der Waals surface area contributed by atoms with Crippen LogP contribution in [0.1, 0.15) is 29.5 Å². The molecule has 2 atom stereocenters. The fraction of sp³-hybridized carbons (Fsp3) is 0.316. The molecule has 48 heavy (non-hydrogen) atoms. The molecule has 10 heteroatoms. The summed E-state index contributed by atoms with van der Waals surface area (Å²) in [6.07, 6.45) is 3.13. The first-order valence-electron chi connectivity index (χ1n) is 16.3. The number of halogens is 2. The van der Waals surface area contributed by atoms with Gasteiger partial charge < -0.3 is 14.9 Å². The van der Waals surface area contributed by atoms with E-state index in [-0.39, 0.29) is 12.0 Å². The Balaban J connectivity index is 1.12. The van der Waals surface area contributed by atoms with Crippen molar-refractivity contribution in [2.75, 3.05) is 33.3 Å². The van der Waals surface area contributed by atoms with Gasteiger partial charge in [-0.3, -0.25) is 19.3 Å². The van der Waals surface area contributed by atoms with E-state index >= 15 is 0 Å². The maximum absolute atomic E-state index is 11.4. The van der Waals surface area contributed by atoms with Gasteiger partial charge in [-0.2, -0.15) is 5.10 Å². The number of carboxylic acid groups (broad SMARTS) is 1. The van der Waals surface area contributed by atoms with Crippen molar-refractivity contribution in [3.8, 4) is 28.0 Å². The lowest BCUT2D eigenvalue weighted by Crippen LogP contribution is -2.23. The van der Waals surface area contributed by atoms with Gasteiger partial charge in [0.15, 0.2) is 0 Å². The Bertz CT molecular complexity index is 1960. The molecular formula is C38H38Cl2N4O4. The molecule has 0 saturated carbocycles. The summed E-state index contributed by atoms with van der Waals surface area (Å²) in [5.41, 5.74) is 7.93. The minimum atomic E-state index is -0.747. The molecule has 0 aliphatic carbocycles. The van der Waals surface area contributed by atoms with Gasteiger partial charge in [0.2, 0.25) is 0 Å². The smallest absolute Gasteiger partial charge is 0.307 e. The van der Waals surface area contributed by atoms with Crippen molar-refractivity contribution in [2.45, 2.75) is 38.6 Å². The molecule has 0 amide bonds. The van der Waals surface area contributed by atoms with Crippen LogP contribution in [0.2, 0.25) is 10.0 Å². The van der Waals surface area contributed by atoms with Crippen LogP contribution in [0.4, 0.5) is 0 Å². The maximum Gasteiger partial charge on any atom is 0.307 e. The number of ether oxygens (including phenoxy) is 1. The molecule has 0 bridgehead atoms. The highest BCUT2D eigenvalue weighted by atomic mass is 35.5. The van der Waals surface area contributed by atoms with Crippen molar-refractivity contribution in [3.05, 3.63) is 106 Å². The molecule has 1 unspecified atom stereocenters. The molecule has 5 aromatic rings. The summed E-state index contributed by atoms with van der Waals surface area (Å²) in [5, 5.41) is 26.3. The van der Waals surface area contributed by atoms with Gasteiger partial charge in [-0.15, -0.1) is 0 Å². The zero-order valence-corrected chi connectivity index (χ0v) is 28.3. The van der Waals surface area contributed by atoms with Crippen LogP contribution in [-0.4, -0.2) is 75.2 Å². The second-order valence-corrected chi connectivity index (χ2v) is 13.7.